The quantitative estimate of drug-likeness (QED) is 0.769. The van der Waals surface area contributed by atoms with E-state index < -0.39 is 0 Å². The maximum atomic E-state index is 5.85. The second-order valence-electron chi connectivity index (χ2n) is 5.97. The summed E-state index contributed by atoms with van der Waals surface area (Å²) in [6, 6.07) is 12.6. The number of para-hydroxylation sites is 1. The minimum atomic E-state index is 0. The molecule has 0 aromatic heterocycles. The standard InChI is InChI=1S/C21H27NO3.ClH/c1-4-23-18-10-8-7-9-16(18)21-17-14-20(25-6-3)19(24-5-2)13-15(17)11-12-22-21;/h7-10,13-14,21-22H,4-6,11-12H2,1-3H3;1H. The molecule has 0 saturated heterocycles. The van der Waals surface area contributed by atoms with Crippen molar-refractivity contribution in [1.29, 1.82) is 0 Å². The van der Waals surface area contributed by atoms with E-state index in [-0.39, 0.29) is 18.4 Å². The minimum Gasteiger partial charge on any atom is -0.494 e. The van der Waals surface area contributed by atoms with E-state index in [1.54, 1.807) is 0 Å². The van der Waals surface area contributed by atoms with Crippen LogP contribution in [0.15, 0.2) is 36.4 Å². The van der Waals surface area contributed by atoms with Crippen LogP contribution in [-0.2, 0) is 6.42 Å². The van der Waals surface area contributed by atoms with Crippen molar-refractivity contribution in [2.75, 3.05) is 26.4 Å². The molecule has 0 fully saturated rings. The highest BCUT2D eigenvalue weighted by Crippen LogP contribution is 2.39. The highest BCUT2D eigenvalue weighted by molar-refractivity contribution is 5.85. The first-order valence-corrected chi connectivity index (χ1v) is 9.15. The minimum absolute atomic E-state index is 0. The van der Waals surface area contributed by atoms with Gasteiger partial charge in [0.05, 0.1) is 25.9 Å². The van der Waals surface area contributed by atoms with E-state index in [4.69, 9.17) is 14.2 Å². The van der Waals surface area contributed by atoms with Gasteiger partial charge in [0.25, 0.3) is 0 Å². The normalized spacial score (nSPS) is 15.6. The lowest BCUT2D eigenvalue weighted by atomic mass is 9.89. The molecule has 0 amide bonds. The van der Waals surface area contributed by atoms with Gasteiger partial charge < -0.3 is 19.5 Å². The first-order chi connectivity index (χ1) is 12.3. The van der Waals surface area contributed by atoms with Gasteiger partial charge in [-0.15, -0.1) is 12.4 Å². The Morgan fingerprint density at radius 1 is 0.846 bits per heavy atom. The fraction of sp³-hybridized carbons (Fsp3) is 0.429. The average molecular weight is 378 g/mol. The van der Waals surface area contributed by atoms with Gasteiger partial charge >= 0.3 is 0 Å². The number of rotatable bonds is 7. The summed E-state index contributed by atoms with van der Waals surface area (Å²) >= 11 is 0. The largest absolute Gasteiger partial charge is 0.494 e. The van der Waals surface area contributed by atoms with Gasteiger partial charge in [-0.3, -0.25) is 0 Å². The monoisotopic (exact) mass is 377 g/mol. The van der Waals surface area contributed by atoms with Crippen molar-refractivity contribution in [2.45, 2.75) is 33.2 Å². The van der Waals surface area contributed by atoms with Crippen LogP contribution in [0, 0.1) is 0 Å². The lowest BCUT2D eigenvalue weighted by molar-refractivity contribution is 0.286. The van der Waals surface area contributed by atoms with Crippen molar-refractivity contribution < 1.29 is 14.2 Å². The summed E-state index contributed by atoms with van der Waals surface area (Å²) in [5.41, 5.74) is 3.71. The number of benzene rings is 2. The fourth-order valence-corrected chi connectivity index (χ4v) is 3.38. The van der Waals surface area contributed by atoms with Crippen LogP contribution in [-0.4, -0.2) is 26.4 Å². The Labute approximate surface area is 162 Å². The Kier molecular flexibility index (Phi) is 7.61. The fourth-order valence-electron chi connectivity index (χ4n) is 3.38. The molecule has 2 aromatic carbocycles. The summed E-state index contributed by atoms with van der Waals surface area (Å²) in [6.07, 6.45) is 0.981. The molecule has 5 heteroatoms. The molecule has 1 heterocycles. The van der Waals surface area contributed by atoms with Crippen LogP contribution in [0.2, 0.25) is 0 Å². The highest BCUT2D eigenvalue weighted by Gasteiger charge is 2.26. The van der Waals surface area contributed by atoms with E-state index in [1.165, 1.54) is 11.1 Å². The van der Waals surface area contributed by atoms with Gasteiger partial charge in [-0.1, -0.05) is 18.2 Å². The summed E-state index contributed by atoms with van der Waals surface area (Å²) in [5, 5.41) is 3.63. The molecule has 1 N–H and O–H groups in total. The number of hydrogen-bond donors (Lipinski definition) is 1. The van der Waals surface area contributed by atoms with E-state index in [1.807, 2.05) is 32.9 Å². The molecule has 4 nitrogen and oxygen atoms in total. The van der Waals surface area contributed by atoms with Crippen molar-refractivity contribution in [3.05, 3.63) is 53.1 Å². The number of ether oxygens (including phenoxy) is 3. The van der Waals surface area contributed by atoms with Crippen LogP contribution in [0.1, 0.15) is 43.5 Å². The molecule has 0 aliphatic carbocycles. The van der Waals surface area contributed by atoms with Crippen molar-refractivity contribution >= 4 is 12.4 Å². The van der Waals surface area contributed by atoms with Gasteiger partial charge in [-0.05, 0) is 56.5 Å². The van der Waals surface area contributed by atoms with Gasteiger partial charge in [0.1, 0.15) is 5.75 Å². The molecule has 2 aromatic rings. The first-order valence-electron chi connectivity index (χ1n) is 9.15. The zero-order valence-corrected chi connectivity index (χ0v) is 16.5. The van der Waals surface area contributed by atoms with E-state index in [0.717, 1.165) is 35.8 Å². The summed E-state index contributed by atoms with van der Waals surface area (Å²) in [6.45, 7) is 8.84. The summed E-state index contributed by atoms with van der Waals surface area (Å²) < 4.78 is 17.5. The lowest BCUT2D eigenvalue weighted by Gasteiger charge is -2.29. The van der Waals surface area contributed by atoms with Crippen molar-refractivity contribution in [3.63, 3.8) is 0 Å². The molecule has 0 saturated carbocycles. The first kappa shape index (κ1) is 20.4. The van der Waals surface area contributed by atoms with Crippen molar-refractivity contribution in [3.8, 4) is 17.2 Å². The molecule has 0 bridgehead atoms. The second-order valence-corrected chi connectivity index (χ2v) is 5.97. The molecule has 1 atom stereocenters. The van der Waals surface area contributed by atoms with Crippen LogP contribution in [0.3, 0.4) is 0 Å². The Bertz CT molecular complexity index is 720. The number of fused-ring (bicyclic) bond motifs is 1. The smallest absolute Gasteiger partial charge is 0.161 e. The molecule has 1 aliphatic heterocycles. The predicted molar refractivity (Wildman–Crippen MR) is 107 cm³/mol. The third-order valence-corrected chi connectivity index (χ3v) is 4.39. The number of nitrogens with one attached hydrogen (secondary N) is 1. The van der Waals surface area contributed by atoms with Crippen molar-refractivity contribution in [1.82, 2.24) is 5.32 Å². The summed E-state index contributed by atoms with van der Waals surface area (Å²) in [5.74, 6) is 2.58. The maximum Gasteiger partial charge on any atom is 0.161 e. The third kappa shape index (κ3) is 4.25. The average Bonchev–Trinajstić information content (AvgIpc) is 2.63. The van der Waals surface area contributed by atoms with E-state index in [2.05, 4.69) is 29.6 Å². The molecule has 0 radical (unpaired) electrons. The Morgan fingerprint density at radius 2 is 1.46 bits per heavy atom. The van der Waals surface area contributed by atoms with Crippen LogP contribution in [0.4, 0.5) is 0 Å². The zero-order chi connectivity index (χ0) is 17.6. The molecule has 142 valence electrons. The summed E-state index contributed by atoms with van der Waals surface area (Å²) in [4.78, 5) is 0. The molecule has 0 spiro atoms. The van der Waals surface area contributed by atoms with Crippen LogP contribution < -0.4 is 19.5 Å². The summed E-state index contributed by atoms with van der Waals surface area (Å²) in [7, 11) is 0. The molecule has 3 rings (SSSR count). The topological polar surface area (TPSA) is 39.7 Å². The van der Waals surface area contributed by atoms with Gasteiger partial charge in [0.2, 0.25) is 0 Å². The Morgan fingerprint density at radius 3 is 2.15 bits per heavy atom. The Balaban J connectivity index is 0.00000243. The van der Waals surface area contributed by atoms with Crippen molar-refractivity contribution in [2.24, 2.45) is 0 Å². The third-order valence-electron chi connectivity index (χ3n) is 4.39. The number of halogens is 1. The molecular formula is C21H28ClNO3. The predicted octanol–water partition coefficient (Wildman–Crippen LogP) is 4.54. The second kappa shape index (κ2) is 9.70. The molecule has 1 unspecified atom stereocenters. The van der Waals surface area contributed by atoms with Gasteiger partial charge in [0, 0.05) is 12.1 Å². The SMILES string of the molecule is CCOc1cc2c(cc1OCC)C(c1ccccc1OCC)NCC2.Cl. The lowest BCUT2D eigenvalue weighted by Crippen LogP contribution is -2.31. The maximum absolute atomic E-state index is 5.85. The molecule has 26 heavy (non-hydrogen) atoms. The van der Waals surface area contributed by atoms with Crippen LogP contribution >= 0.6 is 12.4 Å². The molecular weight excluding hydrogens is 350 g/mol. The van der Waals surface area contributed by atoms with Gasteiger partial charge in [0.15, 0.2) is 11.5 Å². The van der Waals surface area contributed by atoms with E-state index >= 15 is 0 Å². The van der Waals surface area contributed by atoms with E-state index in [0.29, 0.717) is 19.8 Å². The van der Waals surface area contributed by atoms with Crippen LogP contribution in [0.25, 0.3) is 0 Å². The highest BCUT2D eigenvalue weighted by atomic mass is 35.5. The van der Waals surface area contributed by atoms with E-state index in [9.17, 15) is 0 Å². The zero-order valence-electron chi connectivity index (χ0n) is 15.7. The van der Waals surface area contributed by atoms with Gasteiger partial charge in [-0.2, -0.15) is 0 Å². The van der Waals surface area contributed by atoms with Crippen LogP contribution in [0.5, 0.6) is 17.2 Å². The Hall–Kier alpha value is -1.91. The van der Waals surface area contributed by atoms with Gasteiger partial charge in [-0.25, -0.2) is 0 Å². The number of hydrogen-bond acceptors (Lipinski definition) is 4. The molecule has 1 aliphatic rings.